The molecule has 4 N–H and O–H groups in total. The summed E-state index contributed by atoms with van der Waals surface area (Å²) in [6, 6.07) is 9.20. The predicted molar refractivity (Wildman–Crippen MR) is 126 cm³/mol. The van der Waals surface area contributed by atoms with Crippen LogP contribution in [0.5, 0.6) is 11.5 Å². The number of nitrogens with one attached hydrogen (secondary N) is 2. The van der Waals surface area contributed by atoms with Crippen molar-refractivity contribution in [1.82, 2.24) is 10.6 Å². The highest BCUT2D eigenvalue weighted by Gasteiger charge is 2.27. The van der Waals surface area contributed by atoms with E-state index >= 15 is 0 Å². The molecule has 0 aliphatic carbocycles. The second-order valence-electron chi connectivity index (χ2n) is 7.16. The average molecular weight is 499 g/mol. The minimum absolute atomic E-state index is 0.0547. The normalized spacial score (nSPS) is 11.6. The molecule has 0 heterocycles. The molecular weight excluding hydrogens is 471 g/mol. The lowest BCUT2D eigenvalue weighted by molar-refractivity contribution is -0.146. The van der Waals surface area contributed by atoms with Gasteiger partial charge in [-0.05, 0) is 38.1 Å². The number of halogens is 2. The van der Waals surface area contributed by atoms with Gasteiger partial charge in [0.25, 0.3) is 5.91 Å². The van der Waals surface area contributed by atoms with Gasteiger partial charge in [-0.1, -0.05) is 53.5 Å². The fraction of sp³-hybridized carbons (Fsp3) is 0.391. The molecule has 10 heteroatoms. The van der Waals surface area contributed by atoms with Crippen molar-refractivity contribution >= 4 is 35.1 Å². The van der Waals surface area contributed by atoms with E-state index in [9.17, 15) is 14.7 Å². The standard InChI is InChI=1S/C23H28Cl2N2O6/c1-26-9-5-6-11-32-21-17(24)14-16(20(29)19(21)25)22(30)27-18(23(31)33-12-10-28)13-15-7-3-2-4-8-15/h2-4,7-8,14,18,26,28-29H,5-6,9-13H2,1H3,(H,27,30)/t18-/m0/s1. The van der Waals surface area contributed by atoms with Crippen molar-refractivity contribution in [3.8, 4) is 11.5 Å². The minimum atomic E-state index is -1.06. The van der Waals surface area contributed by atoms with Crippen LogP contribution in [-0.2, 0) is 16.0 Å². The number of carbonyl (C=O) groups is 2. The third-order valence-electron chi connectivity index (χ3n) is 4.67. The molecule has 0 aliphatic heterocycles. The number of esters is 1. The number of unbranched alkanes of at least 4 members (excludes halogenated alkanes) is 1. The van der Waals surface area contributed by atoms with Gasteiger partial charge in [0.05, 0.1) is 23.8 Å². The average Bonchev–Trinajstić information content (AvgIpc) is 2.81. The monoisotopic (exact) mass is 498 g/mol. The Morgan fingerprint density at radius 3 is 2.52 bits per heavy atom. The fourth-order valence-electron chi connectivity index (χ4n) is 3.00. The van der Waals surface area contributed by atoms with Gasteiger partial charge >= 0.3 is 5.97 Å². The Morgan fingerprint density at radius 2 is 1.85 bits per heavy atom. The van der Waals surface area contributed by atoms with E-state index in [2.05, 4.69) is 10.6 Å². The van der Waals surface area contributed by atoms with Gasteiger partial charge in [0.1, 0.15) is 17.7 Å². The summed E-state index contributed by atoms with van der Waals surface area (Å²) in [6.45, 7) is 0.617. The van der Waals surface area contributed by atoms with Crippen molar-refractivity contribution in [3.05, 3.63) is 57.6 Å². The topological polar surface area (TPSA) is 117 Å². The molecule has 2 aromatic carbocycles. The largest absolute Gasteiger partial charge is 0.505 e. The first-order valence-electron chi connectivity index (χ1n) is 10.5. The van der Waals surface area contributed by atoms with Crippen LogP contribution in [0.25, 0.3) is 0 Å². The third-order valence-corrected chi connectivity index (χ3v) is 5.30. The van der Waals surface area contributed by atoms with Crippen LogP contribution in [0.1, 0.15) is 28.8 Å². The predicted octanol–water partition coefficient (Wildman–Crippen LogP) is 2.95. The molecule has 2 aromatic rings. The van der Waals surface area contributed by atoms with Crippen molar-refractivity contribution in [2.45, 2.75) is 25.3 Å². The van der Waals surface area contributed by atoms with Crippen LogP contribution in [0.15, 0.2) is 36.4 Å². The van der Waals surface area contributed by atoms with Gasteiger partial charge in [-0.2, -0.15) is 0 Å². The van der Waals surface area contributed by atoms with E-state index in [1.165, 1.54) is 6.07 Å². The summed E-state index contributed by atoms with van der Waals surface area (Å²) in [7, 11) is 1.85. The van der Waals surface area contributed by atoms with Crippen LogP contribution in [0.3, 0.4) is 0 Å². The number of carbonyl (C=O) groups excluding carboxylic acids is 2. The number of aliphatic hydroxyl groups excluding tert-OH is 1. The molecule has 0 fully saturated rings. The van der Waals surface area contributed by atoms with E-state index in [-0.39, 0.29) is 41.0 Å². The van der Waals surface area contributed by atoms with Crippen LogP contribution in [0.2, 0.25) is 10.0 Å². The number of phenols is 1. The second-order valence-corrected chi connectivity index (χ2v) is 7.95. The highest BCUT2D eigenvalue weighted by Crippen LogP contribution is 2.42. The fourth-order valence-corrected chi connectivity index (χ4v) is 3.57. The maximum absolute atomic E-state index is 12.9. The molecular formula is C23H28Cl2N2O6. The van der Waals surface area contributed by atoms with Gasteiger partial charge in [0, 0.05) is 6.42 Å². The SMILES string of the molecule is CNCCCCOc1c(Cl)cc(C(=O)N[C@@H](Cc2ccccc2)C(=O)OCCO)c(O)c1Cl. The molecule has 33 heavy (non-hydrogen) atoms. The smallest absolute Gasteiger partial charge is 0.329 e. The molecule has 0 radical (unpaired) electrons. The molecule has 1 atom stereocenters. The van der Waals surface area contributed by atoms with Gasteiger partial charge in [-0.15, -0.1) is 0 Å². The first-order valence-corrected chi connectivity index (χ1v) is 11.2. The minimum Gasteiger partial charge on any atom is -0.505 e. The molecule has 0 spiro atoms. The summed E-state index contributed by atoms with van der Waals surface area (Å²) in [4.78, 5) is 25.4. The first kappa shape index (κ1) is 26.7. The molecule has 180 valence electrons. The summed E-state index contributed by atoms with van der Waals surface area (Å²) in [5.74, 6) is -1.91. The van der Waals surface area contributed by atoms with Crippen molar-refractivity contribution in [3.63, 3.8) is 0 Å². The van der Waals surface area contributed by atoms with E-state index in [0.29, 0.717) is 6.61 Å². The quantitative estimate of drug-likeness (QED) is 0.247. The Kier molecular flexibility index (Phi) is 11.3. The maximum Gasteiger partial charge on any atom is 0.329 e. The van der Waals surface area contributed by atoms with Crippen LogP contribution in [-0.4, -0.2) is 61.5 Å². The third kappa shape index (κ3) is 8.08. The van der Waals surface area contributed by atoms with Crippen LogP contribution in [0.4, 0.5) is 0 Å². The zero-order valence-corrected chi connectivity index (χ0v) is 19.8. The highest BCUT2D eigenvalue weighted by molar-refractivity contribution is 6.39. The van der Waals surface area contributed by atoms with E-state index in [1.54, 1.807) is 24.3 Å². The van der Waals surface area contributed by atoms with E-state index in [1.807, 2.05) is 13.1 Å². The van der Waals surface area contributed by atoms with Crippen molar-refractivity contribution in [2.24, 2.45) is 0 Å². The number of amides is 1. The summed E-state index contributed by atoms with van der Waals surface area (Å²) in [5, 5.41) is 24.9. The number of phenolic OH excluding ortho intramolecular Hbond substituents is 1. The lowest BCUT2D eigenvalue weighted by Crippen LogP contribution is -2.43. The molecule has 0 saturated carbocycles. The first-order chi connectivity index (χ1) is 15.9. The van der Waals surface area contributed by atoms with Gasteiger partial charge in [0.15, 0.2) is 11.5 Å². The zero-order valence-electron chi connectivity index (χ0n) is 18.3. The Labute approximate surface area is 202 Å². The Morgan fingerprint density at radius 1 is 1.12 bits per heavy atom. The van der Waals surface area contributed by atoms with E-state index < -0.39 is 23.7 Å². The van der Waals surface area contributed by atoms with E-state index in [4.69, 9.17) is 37.8 Å². The summed E-state index contributed by atoms with van der Waals surface area (Å²) < 4.78 is 10.6. The Balaban J connectivity index is 2.17. The van der Waals surface area contributed by atoms with Crippen LogP contribution < -0.4 is 15.4 Å². The van der Waals surface area contributed by atoms with Crippen molar-refractivity contribution in [2.75, 3.05) is 33.4 Å². The number of hydrogen-bond acceptors (Lipinski definition) is 7. The lowest BCUT2D eigenvalue weighted by Gasteiger charge is -2.19. The maximum atomic E-state index is 12.9. The summed E-state index contributed by atoms with van der Waals surface area (Å²) >= 11 is 12.5. The number of hydrogen-bond donors (Lipinski definition) is 4. The molecule has 8 nitrogen and oxygen atoms in total. The van der Waals surface area contributed by atoms with Crippen molar-refractivity contribution < 1.29 is 29.3 Å². The van der Waals surface area contributed by atoms with Crippen LogP contribution in [0, 0.1) is 0 Å². The Hall–Kier alpha value is -2.52. The summed E-state index contributed by atoms with van der Waals surface area (Å²) in [5.41, 5.74) is 0.576. The molecule has 0 unspecified atom stereocenters. The zero-order chi connectivity index (χ0) is 24.2. The highest BCUT2D eigenvalue weighted by atomic mass is 35.5. The lowest BCUT2D eigenvalue weighted by atomic mass is 10.1. The van der Waals surface area contributed by atoms with Crippen LogP contribution >= 0.6 is 23.2 Å². The molecule has 0 saturated heterocycles. The van der Waals surface area contributed by atoms with Crippen molar-refractivity contribution in [1.29, 1.82) is 0 Å². The number of aromatic hydroxyl groups is 1. The molecule has 1 amide bonds. The number of aliphatic hydroxyl groups is 1. The Bertz CT molecular complexity index is 927. The molecule has 0 aliphatic rings. The number of rotatable bonds is 13. The second kappa shape index (κ2) is 13.9. The van der Waals surface area contributed by atoms with Gasteiger partial charge in [-0.25, -0.2) is 4.79 Å². The number of benzene rings is 2. The number of ether oxygens (including phenoxy) is 2. The molecule has 2 rings (SSSR count). The molecule has 0 aromatic heterocycles. The molecule has 0 bridgehead atoms. The van der Waals surface area contributed by atoms with Gasteiger partial charge in [-0.3, -0.25) is 4.79 Å². The summed E-state index contributed by atoms with van der Waals surface area (Å²) in [6.07, 6.45) is 1.77. The van der Waals surface area contributed by atoms with Gasteiger partial charge in [0.2, 0.25) is 0 Å². The van der Waals surface area contributed by atoms with Gasteiger partial charge < -0.3 is 30.3 Å². The van der Waals surface area contributed by atoms with E-state index in [0.717, 1.165) is 24.9 Å².